The van der Waals surface area contributed by atoms with Crippen LogP contribution in [-0.2, 0) is 6.54 Å². The number of non-ortho nitro benzene ring substituents is 1. The Bertz CT molecular complexity index is 431. The average Bonchev–Trinajstić information content (AvgIpc) is 2.39. The highest BCUT2D eigenvalue weighted by atomic mass is 16.6. The molecule has 5 heteroatoms. The second kappa shape index (κ2) is 6.12. The van der Waals surface area contributed by atoms with E-state index >= 15 is 0 Å². The minimum absolute atomic E-state index is 0.145. The maximum absolute atomic E-state index is 10.6. The van der Waals surface area contributed by atoms with Crippen molar-refractivity contribution in [2.75, 3.05) is 6.54 Å². The molecule has 2 rings (SSSR count). The summed E-state index contributed by atoms with van der Waals surface area (Å²) in [6.07, 6.45) is 3.59. The Morgan fingerprint density at radius 2 is 2.11 bits per heavy atom. The molecule has 1 aliphatic rings. The fraction of sp³-hybridized carbons (Fsp3) is 0.571. The Kier molecular flexibility index (Phi) is 4.50. The van der Waals surface area contributed by atoms with Gasteiger partial charge in [0.2, 0.25) is 0 Å². The summed E-state index contributed by atoms with van der Waals surface area (Å²) in [6, 6.07) is 7.40. The van der Waals surface area contributed by atoms with Gasteiger partial charge in [0.05, 0.1) is 4.92 Å². The highest BCUT2D eigenvalue weighted by molar-refractivity contribution is 5.32. The van der Waals surface area contributed by atoms with E-state index in [-0.39, 0.29) is 16.7 Å². The second-order valence-corrected chi connectivity index (χ2v) is 5.32. The molecule has 0 aromatic heterocycles. The fourth-order valence-corrected chi connectivity index (χ4v) is 2.77. The molecule has 0 spiro atoms. The molecule has 0 radical (unpaired) electrons. The second-order valence-electron chi connectivity index (χ2n) is 5.32. The zero-order valence-electron chi connectivity index (χ0n) is 11.3. The Labute approximate surface area is 113 Å². The quantitative estimate of drug-likeness (QED) is 0.668. The molecule has 5 nitrogen and oxygen atoms in total. The molecule has 19 heavy (non-hydrogen) atoms. The van der Waals surface area contributed by atoms with Gasteiger partial charge < -0.3 is 5.73 Å². The number of likely N-dealkylation sites (tertiary alicyclic amines) is 1. The van der Waals surface area contributed by atoms with Gasteiger partial charge in [-0.1, -0.05) is 18.6 Å². The standard InChI is InChI=1S/C14H21N3O2/c1-11(15)14-4-2-3-9-16(14)10-12-5-7-13(8-6-12)17(18)19/h5-8,11,14H,2-4,9-10,15H2,1H3. The Morgan fingerprint density at radius 3 is 2.68 bits per heavy atom. The molecule has 0 aliphatic carbocycles. The molecular formula is C14H21N3O2. The number of hydrogen-bond donors (Lipinski definition) is 1. The zero-order chi connectivity index (χ0) is 13.8. The molecule has 104 valence electrons. The van der Waals surface area contributed by atoms with Crippen molar-refractivity contribution in [3.05, 3.63) is 39.9 Å². The van der Waals surface area contributed by atoms with Gasteiger partial charge in [0, 0.05) is 30.8 Å². The monoisotopic (exact) mass is 263 g/mol. The molecule has 0 saturated carbocycles. The first-order valence-corrected chi connectivity index (χ1v) is 6.81. The van der Waals surface area contributed by atoms with Gasteiger partial charge >= 0.3 is 0 Å². The molecule has 0 bridgehead atoms. The van der Waals surface area contributed by atoms with Crippen LogP contribution in [0.3, 0.4) is 0 Å². The van der Waals surface area contributed by atoms with Crippen molar-refractivity contribution in [2.45, 2.75) is 44.8 Å². The molecule has 1 saturated heterocycles. The van der Waals surface area contributed by atoms with Gasteiger partial charge in [-0.3, -0.25) is 15.0 Å². The number of nitrogens with two attached hydrogens (primary N) is 1. The number of piperidine rings is 1. The summed E-state index contributed by atoms with van der Waals surface area (Å²) in [6.45, 7) is 3.94. The van der Waals surface area contributed by atoms with Crippen LogP contribution in [0.15, 0.2) is 24.3 Å². The van der Waals surface area contributed by atoms with Crippen LogP contribution < -0.4 is 5.73 Å². The van der Waals surface area contributed by atoms with E-state index in [1.165, 1.54) is 12.8 Å². The Balaban J connectivity index is 2.04. The van der Waals surface area contributed by atoms with Crippen LogP contribution in [0.4, 0.5) is 5.69 Å². The van der Waals surface area contributed by atoms with Gasteiger partial charge in [-0.15, -0.1) is 0 Å². The maximum Gasteiger partial charge on any atom is 0.269 e. The molecule has 2 unspecified atom stereocenters. The van der Waals surface area contributed by atoms with Gasteiger partial charge in [0.15, 0.2) is 0 Å². The van der Waals surface area contributed by atoms with Crippen LogP contribution in [-0.4, -0.2) is 28.5 Å². The first kappa shape index (κ1) is 14.0. The summed E-state index contributed by atoms with van der Waals surface area (Å²) >= 11 is 0. The Hall–Kier alpha value is -1.46. The Morgan fingerprint density at radius 1 is 1.42 bits per heavy atom. The van der Waals surface area contributed by atoms with Crippen molar-refractivity contribution in [3.8, 4) is 0 Å². The first-order chi connectivity index (χ1) is 9.08. The van der Waals surface area contributed by atoms with Crippen molar-refractivity contribution in [1.82, 2.24) is 4.90 Å². The van der Waals surface area contributed by atoms with Crippen molar-refractivity contribution in [2.24, 2.45) is 5.73 Å². The van der Waals surface area contributed by atoms with E-state index in [2.05, 4.69) is 11.8 Å². The topological polar surface area (TPSA) is 72.4 Å². The van der Waals surface area contributed by atoms with Gasteiger partial charge in [0.25, 0.3) is 5.69 Å². The van der Waals surface area contributed by atoms with Crippen LogP contribution in [0.25, 0.3) is 0 Å². The molecule has 1 heterocycles. The average molecular weight is 263 g/mol. The van der Waals surface area contributed by atoms with E-state index in [1.807, 2.05) is 12.1 Å². The van der Waals surface area contributed by atoms with Crippen molar-refractivity contribution < 1.29 is 4.92 Å². The van der Waals surface area contributed by atoms with Gasteiger partial charge in [-0.2, -0.15) is 0 Å². The van der Waals surface area contributed by atoms with Gasteiger partial charge in [-0.25, -0.2) is 0 Å². The third kappa shape index (κ3) is 3.52. The van der Waals surface area contributed by atoms with Gasteiger partial charge in [-0.05, 0) is 31.9 Å². The molecule has 2 N–H and O–H groups in total. The number of rotatable bonds is 4. The predicted molar refractivity (Wildman–Crippen MR) is 74.8 cm³/mol. The SMILES string of the molecule is CC(N)C1CCCCN1Cc1ccc([N+](=O)[O-])cc1. The third-order valence-corrected chi connectivity index (χ3v) is 3.80. The van der Waals surface area contributed by atoms with Crippen molar-refractivity contribution in [1.29, 1.82) is 0 Å². The van der Waals surface area contributed by atoms with E-state index in [0.29, 0.717) is 6.04 Å². The van der Waals surface area contributed by atoms with E-state index in [9.17, 15) is 10.1 Å². The zero-order valence-corrected chi connectivity index (χ0v) is 11.3. The highest BCUT2D eigenvalue weighted by Crippen LogP contribution is 2.22. The number of nitro groups is 1. The van der Waals surface area contributed by atoms with E-state index in [4.69, 9.17) is 5.73 Å². The predicted octanol–water partition coefficient (Wildman–Crippen LogP) is 2.30. The molecule has 1 aromatic carbocycles. The van der Waals surface area contributed by atoms with E-state index in [1.54, 1.807) is 12.1 Å². The van der Waals surface area contributed by atoms with Crippen LogP contribution in [0.2, 0.25) is 0 Å². The number of nitro benzene ring substituents is 1. The summed E-state index contributed by atoms with van der Waals surface area (Å²) in [4.78, 5) is 12.7. The van der Waals surface area contributed by atoms with Crippen LogP contribution >= 0.6 is 0 Å². The number of benzene rings is 1. The minimum atomic E-state index is -0.366. The lowest BCUT2D eigenvalue weighted by Gasteiger charge is -2.38. The third-order valence-electron chi connectivity index (χ3n) is 3.80. The molecule has 1 aliphatic heterocycles. The summed E-state index contributed by atoms with van der Waals surface area (Å²) < 4.78 is 0. The minimum Gasteiger partial charge on any atom is -0.327 e. The molecule has 0 amide bonds. The largest absolute Gasteiger partial charge is 0.327 e. The first-order valence-electron chi connectivity index (χ1n) is 6.81. The highest BCUT2D eigenvalue weighted by Gasteiger charge is 2.25. The van der Waals surface area contributed by atoms with Crippen LogP contribution in [0.1, 0.15) is 31.7 Å². The van der Waals surface area contributed by atoms with Crippen LogP contribution in [0, 0.1) is 10.1 Å². The lowest BCUT2D eigenvalue weighted by atomic mass is 9.96. The summed E-state index contributed by atoms with van der Waals surface area (Å²) in [5, 5.41) is 10.6. The van der Waals surface area contributed by atoms with Crippen molar-refractivity contribution >= 4 is 5.69 Å². The summed E-state index contributed by atoms with van der Waals surface area (Å²) in [5.74, 6) is 0. The van der Waals surface area contributed by atoms with Crippen LogP contribution in [0.5, 0.6) is 0 Å². The molecule has 1 aromatic rings. The summed E-state index contributed by atoms with van der Waals surface area (Å²) in [7, 11) is 0. The number of nitrogens with zero attached hydrogens (tertiary/aromatic N) is 2. The lowest BCUT2D eigenvalue weighted by molar-refractivity contribution is -0.384. The smallest absolute Gasteiger partial charge is 0.269 e. The number of hydrogen-bond acceptors (Lipinski definition) is 4. The fourth-order valence-electron chi connectivity index (χ4n) is 2.77. The van der Waals surface area contributed by atoms with E-state index in [0.717, 1.165) is 25.1 Å². The van der Waals surface area contributed by atoms with Crippen molar-refractivity contribution in [3.63, 3.8) is 0 Å². The van der Waals surface area contributed by atoms with E-state index < -0.39 is 0 Å². The molecule has 1 fully saturated rings. The molecular weight excluding hydrogens is 242 g/mol. The summed E-state index contributed by atoms with van der Waals surface area (Å²) in [5.41, 5.74) is 7.30. The lowest BCUT2D eigenvalue weighted by Crippen LogP contribution is -2.48. The normalized spacial score (nSPS) is 22.1. The maximum atomic E-state index is 10.6. The van der Waals surface area contributed by atoms with Gasteiger partial charge in [0.1, 0.15) is 0 Å². The molecule has 2 atom stereocenters.